The van der Waals surface area contributed by atoms with Gasteiger partial charge >= 0.3 is 11.1 Å². The molecule has 170 valence electrons. The Bertz CT molecular complexity index is 1390. The van der Waals surface area contributed by atoms with Crippen molar-refractivity contribution in [1.82, 2.24) is 25.2 Å². The Kier molecular flexibility index (Phi) is 6.07. The van der Waals surface area contributed by atoms with E-state index < -0.39 is 23.2 Å². The number of rotatable bonds is 6. The maximum Gasteiger partial charge on any atom is 0.316 e. The maximum atomic E-state index is 12.9. The number of aryl methyl sites for hydroxylation is 2. The van der Waals surface area contributed by atoms with Crippen molar-refractivity contribution in [2.24, 2.45) is 0 Å². The molecule has 0 unspecified atom stereocenters. The number of nitrogens with zero attached hydrogens (tertiary/aromatic N) is 1. The highest BCUT2D eigenvalue weighted by Crippen LogP contribution is 2.31. The summed E-state index contributed by atoms with van der Waals surface area (Å²) in [7, 11) is 0. The van der Waals surface area contributed by atoms with Gasteiger partial charge in [-0.15, -0.1) is 0 Å². The van der Waals surface area contributed by atoms with Crippen molar-refractivity contribution in [3.63, 3.8) is 0 Å². The zero-order chi connectivity index (χ0) is 23.5. The monoisotopic (exact) mass is 449 g/mol. The summed E-state index contributed by atoms with van der Waals surface area (Å²) in [5.74, 6) is -0.667. The number of aromatic nitrogens is 3. The van der Waals surface area contributed by atoms with Gasteiger partial charge in [-0.1, -0.05) is 24.3 Å². The molecule has 10 heteroatoms. The van der Waals surface area contributed by atoms with Gasteiger partial charge in [-0.2, -0.15) is 0 Å². The molecule has 33 heavy (non-hydrogen) atoms. The third kappa shape index (κ3) is 4.69. The average molecular weight is 449 g/mol. The van der Waals surface area contributed by atoms with Crippen LogP contribution in [0.1, 0.15) is 39.5 Å². The third-order valence-corrected chi connectivity index (χ3v) is 5.74. The summed E-state index contributed by atoms with van der Waals surface area (Å²) in [6, 6.07) is 8.11. The molecule has 1 aliphatic carbocycles. The summed E-state index contributed by atoms with van der Waals surface area (Å²) in [6.45, 7) is 1.74. The Balaban J connectivity index is 1.49. The fraction of sp³-hybridized carbons (Fsp3) is 0.261. The van der Waals surface area contributed by atoms with Crippen LogP contribution in [0.3, 0.4) is 0 Å². The zero-order valence-corrected chi connectivity index (χ0v) is 17.9. The van der Waals surface area contributed by atoms with Gasteiger partial charge in [0.15, 0.2) is 0 Å². The predicted molar refractivity (Wildman–Crippen MR) is 120 cm³/mol. The summed E-state index contributed by atoms with van der Waals surface area (Å²) in [4.78, 5) is 65.2. The lowest BCUT2D eigenvalue weighted by Crippen LogP contribution is -2.45. The quantitative estimate of drug-likeness (QED) is 0.395. The van der Waals surface area contributed by atoms with Gasteiger partial charge in [-0.05, 0) is 30.0 Å². The fourth-order valence-electron chi connectivity index (χ4n) is 4.08. The first kappa shape index (κ1) is 22.0. The van der Waals surface area contributed by atoms with Crippen LogP contribution in [0.2, 0.25) is 0 Å². The van der Waals surface area contributed by atoms with Gasteiger partial charge in [0.2, 0.25) is 11.5 Å². The second kappa shape index (κ2) is 9.11. The van der Waals surface area contributed by atoms with E-state index in [1.807, 2.05) is 24.3 Å². The van der Waals surface area contributed by atoms with Crippen LogP contribution in [0.4, 0.5) is 0 Å². The van der Waals surface area contributed by atoms with E-state index in [-0.39, 0.29) is 30.3 Å². The molecule has 2 heterocycles. The normalized spacial score (nSPS) is 16.8. The Hall–Kier alpha value is -4.21. The number of hydrogen-bond donors (Lipinski definition) is 4. The molecule has 2 aromatic heterocycles. The number of fused-ring (bicyclic) bond motifs is 1. The van der Waals surface area contributed by atoms with Gasteiger partial charge in [0.1, 0.15) is 0 Å². The smallest absolute Gasteiger partial charge is 0.316 e. The molecule has 4 N–H and O–H groups in total. The molecule has 0 spiro atoms. The summed E-state index contributed by atoms with van der Waals surface area (Å²) in [6.07, 6.45) is 4.66. The van der Waals surface area contributed by atoms with E-state index in [1.165, 1.54) is 29.2 Å². The molecule has 3 aromatic rings. The number of pyridine rings is 1. The van der Waals surface area contributed by atoms with E-state index in [0.29, 0.717) is 17.5 Å². The molecule has 0 bridgehead atoms. The number of amides is 2. The third-order valence-electron chi connectivity index (χ3n) is 5.74. The van der Waals surface area contributed by atoms with Crippen molar-refractivity contribution < 1.29 is 9.59 Å². The molecule has 0 aliphatic heterocycles. The lowest BCUT2D eigenvalue weighted by Gasteiger charge is -2.23. The molecular formula is C23H23N5O5. The van der Waals surface area contributed by atoms with Gasteiger partial charge < -0.3 is 25.2 Å². The fourth-order valence-corrected chi connectivity index (χ4v) is 4.08. The first-order chi connectivity index (χ1) is 15.8. The van der Waals surface area contributed by atoms with Crippen LogP contribution in [0.25, 0.3) is 0 Å². The molecule has 1 aliphatic rings. The number of nitrogens with one attached hydrogen (secondary N) is 4. The topological polar surface area (TPSA) is 146 Å². The lowest BCUT2D eigenvalue weighted by molar-refractivity contribution is -0.122. The molecule has 1 aromatic carbocycles. The van der Waals surface area contributed by atoms with E-state index in [2.05, 4.69) is 20.6 Å². The van der Waals surface area contributed by atoms with Gasteiger partial charge in [-0.25, -0.2) is 0 Å². The van der Waals surface area contributed by atoms with E-state index in [1.54, 1.807) is 6.92 Å². The molecule has 0 fully saturated rings. The highest BCUT2D eigenvalue weighted by atomic mass is 16.2. The minimum Gasteiger partial charge on any atom is -0.347 e. The second-order valence-corrected chi connectivity index (χ2v) is 7.96. The summed E-state index contributed by atoms with van der Waals surface area (Å²) < 4.78 is 1.18. The highest BCUT2D eigenvalue weighted by Gasteiger charge is 2.34. The van der Waals surface area contributed by atoms with Crippen LogP contribution >= 0.6 is 0 Å². The van der Waals surface area contributed by atoms with Crippen molar-refractivity contribution in [3.05, 3.63) is 102 Å². The largest absolute Gasteiger partial charge is 0.347 e. The van der Waals surface area contributed by atoms with Crippen molar-refractivity contribution in [1.29, 1.82) is 0 Å². The Morgan fingerprint density at radius 2 is 1.91 bits per heavy atom. The molecule has 4 rings (SSSR count). The van der Waals surface area contributed by atoms with Crippen LogP contribution in [0.15, 0.2) is 63.3 Å². The van der Waals surface area contributed by atoms with Crippen LogP contribution in [-0.4, -0.2) is 32.4 Å². The standard InChI is InChI=1S/C23H23N5O5/c1-13-10-19(30)25-12-16(13)21(31)26-17-11-14-4-2-3-5-15(14)20(17)27-18(29)6-8-28-9-7-24-22(32)23(28)33/h2-5,7,9-10,12,17,20H,6,8,11H2,1H3,(H,24,32)(H,25,30)(H,26,31)(H,27,29)/t17-,20-/m1/s1. The van der Waals surface area contributed by atoms with Gasteiger partial charge in [0, 0.05) is 37.6 Å². The van der Waals surface area contributed by atoms with Gasteiger partial charge in [-0.3, -0.25) is 24.0 Å². The summed E-state index contributed by atoms with van der Waals surface area (Å²) in [5.41, 5.74) is 1.06. The molecule has 0 saturated carbocycles. The Morgan fingerprint density at radius 3 is 2.70 bits per heavy atom. The minimum absolute atomic E-state index is 0.0122. The first-order valence-corrected chi connectivity index (χ1v) is 10.5. The number of benzene rings is 1. The van der Waals surface area contributed by atoms with E-state index in [4.69, 9.17) is 0 Å². The second-order valence-electron chi connectivity index (χ2n) is 7.96. The molecule has 2 atom stereocenters. The number of hydrogen-bond acceptors (Lipinski definition) is 5. The van der Waals surface area contributed by atoms with Crippen LogP contribution < -0.4 is 27.3 Å². The Labute approximate surface area is 187 Å². The van der Waals surface area contributed by atoms with Gasteiger partial charge in [0.05, 0.1) is 17.6 Å². The summed E-state index contributed by atoms with van der Waals surface area (Å²) >= 11 is 0. The predicted octanol–water partition coefficient (Wildman–Crippen LogP) is 0.136. The first-order valence-electron chi connectivity index (χ1n) is 10.5. The maximum absolute atomic E-state index is 12.9. The van der Waals surface area contributed by atoms with Crippen molar-refractivity contribution >= 4 is 11.8 Å². The van der Waals surface area contributed by atoms with E-state index >= 15 is 0 Å². The molecule has 2 amide bonds. The zero-order valence-electron chi connectivity index (χ0n) is 17.9. The van der Waals surface area contributed by atoms with Crippen LogP contribution in [-0.2, 0) is 17.8 Å². The molecule has 10 nitrogen and oxygen atoms in total. The van der Waals surface area contributed by atoms with E-state index in [0.717, 1.165) is 11.1 Å². The number of carbonyl (C=O) groups excluding carboxylic acids is 2. The van der Waals surface area contributed by atoms with Crippen molar-refractivity contribution in [3.8, 4) is 0 Å². The SMILES string of the molecule is Cc1cc(=O)[nH]cc1C(=O)N[C@@H]1Cc2ccccc2[C@H]1NC(=O)CCn1cc[nH]c(=O)c1=O. The Morgan fingerprint density at radius 1 is 1.12 bits per heavy atom. The number of aromatic amines is 2. The van der Waals surface area contributed by atoms with Crippen LogP contribution in [0.5, 0.6) is 0 Å². The van der Waals surface area contributed by atoms with Gasteiger partial charge in [0.25, 0.3) is 5.91 Å². The number of H-pyrrole nitrogens is 2. The minimum atomic E-state index is -0.747. The average Bonchev–Trinajstić information content (AvgIpc) is 3.11. The van der Waals surface area contributed by atoms with Crippen molar-refractivity contribution in [2.75, 3.05) is 0 Å². The molecule has 0 radical (unpaired) electrons. The lowest BCUT2D eigenvalue weighted by atomic mass is 10.1. The van der Waals surface area contributed by atoms with Crippen molar-refractivity contribution in [2.45, 2.75) is 38.4 Å². The molecule has 0 saturated heterocycles. The van der Waals surface area contributed by atoms with Crippen LogP contribution in [0, 0.1) is 6.92 Å². The summed E-state index contributed by atoms with van der Waals surface area (Å²) in [5, 5.41) is 5.93. The highest BCUT2D eigenvalue weighted by molar-refractivity contribution is 5.95. The van der Waals surface area contributed by atoms with E-state index in [9.17, 15) is 24.0 Å². The number of carbonyl (C=O) groups is 2. The molecular weight excluding hydrogens is 426 g/mol.